The Morgan fingerprint density at radius 2 is 1.82 bits per heavy atom. The second kappa shape index (κ2) is 12.8. The monoisotopic (exact) mass is 564 g/mol. The molecule has 2 N–H and O–H groups in total. The highest BCUT2D eigenvalue weighted by atomic mass is 19.2. The Balaban J connectivity index is 1.40. The Kier molecular flexibility index (Phi) is 9.47. The molecule has 1 aliphatic heterocycles. The number of rotatable bonds is 12. The smallest absolute Gasteiger partial charge is 0.303 e. The first-order chi connectivity index (χ1) is 19.1. The molecule has 1 aliphatic rings. The molecule has 2 aromatic carbocycles. The van der Waals surface area contributed by atoms with E-state index in [-0.39, 0.29) is 31.8 Å². The van der Waals surface area contributed by atoms with Crippen molar-refractivity contribution in [3.8, 4) is 11.5 Å². The van der Waals surface area contributed by atoms with Gasteiger partial charge in [-0.1, -0.05) is 0 Å². The van der Waals surface area contributed by atoms with Gasteiger partial charge >= 0.3 is 5.97 Å². The fraction of sp³-hybridized carbons (Fsp3) is 0.448. The number of nitrogens with zero attached hydrogens (tertiary/aromatic N) is 2. The number of hydrogen-bond acceptors (Lipinski definition) is 6. The molecule has 0 bridgehead atoms. The third-order valence-corrected chi connectivity index (χ3v) is 7.69. The first-order valence-electron chi connectivity index (χ1n) is 13.1. The molecule has 1 saturated heterocycles. The zero-order valence-electron chi connectivity index (χ0n) is 22.1. The van der Waals surface area contributed by atoms with Crippen molar-refractivity contribution in [1.29, 1.82) is 0 Å². The van der Waals surface area contributed by atoms with Crippen molar-refractivity contribution in [2.45, 2.75) is 44.9 Å². The number of alkyl halides is 1. The third-order valence-electron chi connectivity index (χ3n) is 7.69. The van der Waals surface area contributed by atoms with E-state index in [0.29, 0.717) is 66.7 Å². The van der Waals surface area contributed by atoms with Crippen LogP contribution in [0.2, 0.25) is 0 Å². The molecule has 2 heterocycles. The number of carboxylic acids is 1. The number of pyridine rings is 1. The summed E-state index contributed by atoms with van der Waals surface area (Å²) in [6, 6.07) is 6.70. The fourth-order valence-corrected chi connectivity index (χ4v) is 5.43. The summed E-state index contributed by atoms with van der Waals surface area (Å²) < 4.78 is 66.5. The van der Waals surface area contributed by atoms with Gasteiger partial charge in [0, 0.05) is 41.4 Å². The minimum atomic E-state index is -1.56. The predicted molar refractivity (Wildman–Crippen MR) is 139 cm³/mol. The highest BCUT2D eigenvalue weighted by Crippen LogP contribution is 2.43. The molecular formula is C29H32F4N2O5. The first kappa shape index (κ1) is 29.5. The maximum Gasteiger partial charge on any atom is 0.303 e. The average Bonchev–Trinajstić information content (AvgIpc) is 2.94. The minimum absolute atomic E-state index is 0.0708. The number of carbonyl (C=O) groups is 1. The van der Waals surface area contributed by atoms with E-state index in [1.165, 1.54) is 13.3 Å². The number of aliphatic carboxylic acids is 1. The number of aromatic nitrogens is 1. The summed E-state index contributed by atoms with van der Waals surface area (Å²) in [5, 5.41) is 20.0. The molecule has 3 aromatic rings. The predicted octanol–water partition coefficient (Wildman–Crippen LogP) is 5.58. The summed E-state index contributed by atoms with van der Waals surface area (Å²) >= 11 is 0. The van der Waals surface area contributed by atoms with Crippen LogP contribution in [0.4, 0.5) is 17.6 Å². The van der Waals surface area contributed by atoms with E-state index in [1.807, 2.05) is 4.90 Å². The van der Waals surface area contributed by atoms with Crippen LogP contribution in [0.25, 0.3) is 10.9 Å². The molecule has 1 fully saturated rings. The lowest BCUT2D eigenvalue weighted by Crippen LogP contribution is -2.42. The van der Waals surface area contributed by atoms with E-state index in [9.17, 15) is 28.2 Å². The van der Waals surface area contributed by atoms with Gasteiger partial charge in [-0.3, -0.25) is 14.7 Å². The molecule has 4 rings (SSSR count). The summed E-state index contributed by atoms with van der Waals surface area (Å²) in [5.74, 6) is -4.76. The zero-order chi connectivity index (χ0) is 28.9. The van der Waals surface area contributed by atoms with E-state index in [2.05, 4.69) is 4.98 Å². The van der Waals surface area contributed by atoms with Gasteiger partial charge in [-0.25, -0.2) is 17.6 Å². The maximum atomic E-state index is 15.9. The van der Waals surface area contributed by atoms with Gasteiger partial charge in [0.2, 0.25) is 0 Å². The third kappa shape index (κ3) is 6.82. The van der Waals surface area contributed by atoms with Crippen LogP contribution in [0.5, 0.6) is 11.5 Å². The second-order valence-corrected chi connectivity index (χ2v) is 10.2. The minimum Gasteiger partial charge on any atom is -0.497 e. The van der Waals surface area contributed by atoms with Crippen molar-refractivity contribution >= 4 is 16.9 Å². The van der Waals surface area contributed by atoms with E-state index < -0.39 is 35.0 Å². The Labute approximate surface area is 229 Å². The lowest BCUT2D eigenvalue weighted by atomic mass is 9.71. The van der Waals surface area contributed by atoms with Crippen molar-refractivity contribution in [3.63, 3.8) is 0 Å². The van der Waals surface area contributed by atoms with E-state index in [4.69, 9.17) is 9.47 Å². The van der Waals surface area contributed by atoms with Crippen LogP contribution >= 0.6 is 0 Å². The number of benzene rings is 2. The Morgan fingerprint density at radius 1 is 1.12 bits per heavy atom. The maximum absolute atomic E-state index is 15.9. The molecular weight excluding hydrogens is 532 g/mol. The number of fused-ring (bicyclic) bond motifs is 1. The number of piperidine rings is 1. The van der Waals surface area contributed by atoms with Crippen molar-refractivity contribution in [2.75, 3.05) is 33.4 Å². The van der Waals surface area contributed by atoms with Gasteiger partial charge in [-0.2, -0.15) is 0 Å². The second-order valence-electron chi connectivity index (χ2n) is 10.2. The number of halogens is 4. The highest BCUT2D eigenvalue weighted by Gasteiger charge is 2.37. The van der Waals surface area contributed by atoms with Gasteiger partial charge in [-0.05, 0) is 62.4 Å². The van der Waals surface area contributed by atoms with Gasteiger partial charge in [0.05, 0.1) is 25.7 Å². The van der Waals surface area contributed by atoms with Crippen LogP contribution in [-0.4, -0.2) is 59.4 Å². The zero-order valence-corrected chi connectivity index (χ0v) is 22.1. The highest BCUT2D eigenvalue weighted by molar-refractivity contribution is 5.85. The van der Waals surface area contributed by atoms with Crippen LogP contribution < -0.4 is 9.47 Å². The molecule has 40 heavy (non-hydrogen) atoms. The summed E-state index contributed by atoms with van der Waals surface area (Å²) in [6.45, 7) is 1.21. The van der Waals surface area contributed by atoms with Crippen LogP contribution in [0.1, 0.15) is 49.4 Å². The largest absolute Gasteiger partial charge is 0.497 e. The number of aliphatic hydroxyl groups is 1. The number of hydrogen-bond donors (Lipinski definition) is 2. The number of likely N-dealkylation sites (tertiary alicyclic amines) is 1. The quantitative estimate of drug-likeness (QED) is 0.219. The summed E-state index contributed by atoms with van der Waals surface area (Å²) in [6.07, 6.45) is 1.34. The molecule has 0 spiro atoms. The summed E-state index contributed by atoms with van der Waals surface area (Å²) in [7, 11) is 1.51. The van der Waals surface area contributed by atoms with E-state index in [1.54, 1.807) is 18.2 Å². The molecule has 11 heteroatoms. The van der Waals surface area contributed by atoms with Crippen molar-refractivity contribution in [1.82, 2.24) is 9.88 Å². The van der Waals surface area contributed by atoms with Crippen molar-refractivity contribution < 1.29 is 42.0 Å². The lowest BCUT2D eigenvalue weighted by molar-refractivity contribution is -0.141. The number of carboxylic acid groups (broad SMARTS) is 1. The normalized spacial score (nSPS) is 16.1. The van der Waals surface area contributed by atoms with Crippen LogP contribution in [0.3, 0.4) is 0 Å². The summed E-state index contributed by atoms with van der Waals surface area (Å²) in [5.41, 5.74) is 0.658. The number of ether oxygens (including phenoxy) is 2. The SMILES string of the molecule is COc1ccc2ncc(CO)c([C@H](F)CCC3(CC(=O)O)CCN(CCOc4cc(F)c(F)c(F)c4)CC3)c2c1. The van der Waals surface area contributed by atoms with Gasteiger partial charge in [0.1, 0.15) is 24.3 Å². The molecule has 1 atom stereocenters. The van der Waals surface area contributed by atoms with Gasteiger partial charge < -0.3 is 19.7 Å². The molecule has 0 unspecified atom stereocenters. The van der Waals surface area contributed by atoms with E-state index in [0.717, 1.165) is 12.1 Å². The van der Waals surface area contributed by atoms with Crippen LogP contribution in [-0.2, 0) is 11.4 Å². The number of methoxy groups -OCH3 is 1. The average molecular weight is 565 g/mol. The lowest BCUT2D eigenvalue weighted by Gasteiger charge is -2.41. The van der Waals surface area contributed by atoms with Crippen LogP contribution in [0, 0.1) is 22.9 Å². The number of aliphatic hydroxyl groups excluding tert-OH is 1. The van der Waals surface area contributed by atoms with Crippen LogP contribution in [0.15, 0.2) is 36.5 Å². The van der Waals surface area contributed by atoms with Crippen molar-refractivity contribution in [2.24, 2.45) is 5.41 Å². The standard InChI is InChI=1S/C29H32F4N2O5/c1-39-19-2-3-25-21(12-19)27(18(17-36)16-34-25)22(30)4-5-29(15-26(37)38)6-8-35(9-7-29)10-11-40-20-13-23(31)28(33)24(32)14-20/h2-3,12-14,16,22,36H,4-11,15,17H2,1H3,(H,37,38)/t22-/m1/s1. The molecule has 1 aromatic heterocycles. The fourth-order valence-electron chi connectivity index (χ4n) is 5.43. The Bertz CT molecular complexity index is 1320. The van der Waals surface area contributed by atoms with Gasteiger partial charge in [0.25, 0.3) is 0 Å². The molecule has 0 aliphatic carbocycles. The molecule has 0 radical (unpaired) electrons. The van der Waals surface area contributed by atoms with E-state index >= 15 is 4.39 Å². The molecule has 0 amide bonds. The van der Waals surface area contributed by atoms with Gasteiger partial charge in [-0.15, -0.1) is 0 Å². The molecule has 7 nitrogen and oxygen atoms in total. The molecule has 216 valence electrons. The first-order valence-corrected chi connectivity index (χ1v) is 13.1. The Morgan fingerprint density at radius 3 is 2.45 bits per heavy atom. The molecule has 0 saturated carbocycles. The van der Waals surface area contributed by atoms with Crippen molar-refractivity contribution in [3.05, 3.63) is 65.1 Å². The topological polar surface area (TPSA) is 92.1 Å². The summed E-state index contributed by atoms with van der Waals surface area (Å²) in [4.78, 5) is 18.1. The van der Waals surface area contributed by atoms with Gasteiger partial charge in [0.15, 0.2) is 17.5 Å². The Hall–Kier alpha value is -3.44.